The molecule has 0 unspecified atom stereocenters. The summed E-state index contributed by atoms with van der Waals surface area (Å²) in [4.78, 5) is 0. The van der Waals surface area contributed by atoms with Crippen LogP contribution in [0.15, 0.2) is 48.6 Å². The molecule has 0 heterocycles. The highest BCUT2D eigenvalue weighted by Crippen LogP contribution is 2.38. The third kappa shape index (κ3) is 5.79. The van der Waals surface area contributed by atoms with Crippen LogP contribution in [0.3, 0.4) is 0 Å². The molecule has 1 aliphatic rings. The molecule has 194 valence electrons. The van der Waals surface area contributed by atoms with Gasteiger partial charge in [0.25, 0.3) is 0 Å². The van der Waals surface area contributed by atoms with Gasteiger partial charge in [-0.3, -0.25) is 0 Å². The van der Waals surface area contributed by atoms with Crippen molar-refractivity contribution in [2.24, 2.45) is 0 Å². The van der Waals surface area contributed by atoms with Crippen LogP contribution in [-0.4, -0.2) is 6.29 Å². The number of fused-ring (bicyclic) bond motifs is 1. The second kappa shape index (κ2) is 10.3. The van der Waals surface area contributed by atoms with Crippen molar-refractivity contribution in [1.82, 2.24) is 0 Å². The minimum atomic E-state index is -4.70. The SMILES string of the molecule is C/C=C/CCc1cc(F)c(OC(F)(F)Oc2cc(F)c(C3=Cc4cc(F)c(F)cc4C3)c(F)c2)c(F)c1. The van der Waals surface area contributed by atoms with Gasteiger partial charge in [0.05, 0.1) is 0 Å². The number of rotatable bonds is 8. The van der Waals surface area contributed by atoms with Crippen LogP contribution in [0, 0.1) is 34.9 Å². The number of hydrogen-bond acceptors (Lipinski definition) is 2. The van der Waals surface area contributed by atoms with Crippen LogP contribution in [0.2, 0.25) is 0 Å². The number of benzene rings is 3. The molecule has 0 atom stereocenters. The van der Waals surface area contributed by atoms with E-state index < -0.39 is 58.3 Å². The monoisotopic (exact) mass is 526 g/mol. The van der Waals surface area contributed by atoms with Crippen LogP contribution >= 0.6 is 0 Å². The van der Waals surface area contributed by atoms with E-state index in [4.69, 9.17) is 0 Å². The first-order chi connectivity index (χ1) is 17.5. The first kappa shape index (κ1) is 26.2. The van der Waals surface area contributed by atoms with Crippen LogP contribution in [-0.2, 0) is 12.8 Å². The van der Waals surface area contributed by atoms with Gasteiger partial charge in [-0.15, -0.1) is 8.78 Å². The summed E-state index contributed by atoms with van der Waals surface area (Å²) in [6.07, 6.45) is 0.626. The number of alkyl halides is 2. The number of ether oxygens (including phenoxy) is 2. The Morgan fingerprint density at radius 3 is 2.03 bits per heavy atom. The van der Waals surface area contributed by atoms with Crippen molar-refractivity contribution in [2.45, 2.75) is 32.5 Å². The Labute approximate surface area is 206 Å². The Balaban J connectivity index is 1.52. The maximum absolute atomic E-state index is 14.7. The fraction of sp³-hybridized carbons (Fsp3) is 0.185. The van der Waals surface area contributed by atoms with Gasteiger partial charge < -0.3 is 9.47 Å². The molecular formula is C27H18F8O2. The minimum Gasteiger partial charge on any atom is -0.399 e. The predicted molar refractivity (Wildman–Crippen MR) is 120 cm³/mol. The smallest absolute Gasteiger partial charge is 0.399 e. The summed E-state index contributed by atoms with van der Waals surface area (Å²) in [6, 6.07) is 4.28. The molecule has 0 saturated heterocycles. The van der Waals surface area contributed by atoms with Crippen LogP contribution in [0.4, 0.5) is 35.1 Å². The largest absolute Gasteiger partial charge is 0.586 e. The van der Waals surface area contributed by atoms with Crippen LogP contribution in [0.1, 0.15) is 35.6 Å². The lowest BCUT2D eigenvalue weighted by atomic mass is 10.0. The fourth-order valence-corrected chi connectivity index (χ4v) is 3.96. The van der Waals surface area contributed by atoms with Crippen molar-refractivity contribution < 1.29 is 44.6 Å². The van der Waals surface area contributed by atoms with E-state index in [1.54, 1.807) is 19.1 Å². The van der Waals surface area contributed by atoms with Crippen LogP contribution in [0.5, 0.6) is 11.5 Å². The zero-order valence-corrected chi connectivity index (χ0v) is 19.2. The predicted octanol–water partition coefficient (Wildman–Crippen LogP) is 8.13. The molecule has 3 aromatic rings. The first-order valence-corrected chi connectivity index (χ1v) is 11.0. The Morgan fingerprint density at radius 1 is 0.784 bits per heavy atom. The third-order valence-electron chi connectivity index (χ3n) is 5.58. The topological polar surface area (TPSA) is 18.5 Å². The molecule has 0 radical (unpaired) electrons. The zero-order chi connectivity index (χ0) is 26.9. The lowest BCUT2D eigenvalue weighted by molar-refractivity contribution is -0.310. The molecule has 0 amide bonds. The van der Waals surface area contributed by atoms with Crippen molar-refractivity contribution in [2.75, 3.05) is 0 Å². The summed E-state index contributed by atoms with van der Waals surface area (Å²) in [5.41, 5.74) is 0.107. The summed E-state index contributed by atoms with van der Waals surface area (Å²) in [6.45, 7) is 1.76. The van der Waals surface area contributed by atoms with Crippen LogP contribution in [0.25, 0.3) is 11.6 Å². The highest BCUT2D eigenvalue weighted by Gasteiger charge is 2.39. The van der Waals surface area contributed by atoms with Crippen molar-refractivity contribution in [3.05, 3.63) is 106 Å². The number of halogens is 8. The molecule has 37 heavy (non-hydrogen) atoms. The molecule has 1 aliphatic carbocycles. The summed E-state index contributed by atoms with van der Waals surface area (Å²) in [5.74, 6) is -10.2. The molecule has 0 saturated carbocycles. The molecule has 2 nitrogen and oxygen atoms in total. The van der Waals surface area contributed by atoms with Crippen molar-refractivity contribution >= 4 is 11.6 Å². The van der Waals surface area contributed by atoms with Crippen molar-refractivity contribution in [1.29, 1.82) is 0 Å². The molecule has 3 aromatic carbocycles. The minimum absolute atomic E-state index is 0.0169. The first-order valence-electron chi connectivity index (χ1n) is 11.0. The maximum atomic E-state index is 14.7. The van der Waals surface area contributed by atoms with E-state index >= 15 is 0 Å². The van der Waals surface area contributed by atoms with Gasteiger partial charge in [0.1, 0.15) is 17.4 Å². The van der Waals surface area contributed by atoms with Gasteiger partial charge in [-0.1, -0.05) is 18.2 Å². The van der Waals surface area contributed by atoms with E-state index in [-0.39, 0.29) is 35.1 Å². The van der Waals surface area contributed by atoms with Crippen molar-refractivity contribution in [3.8, 4) is 11.5 Å². The van der Waals surface area contributed by atoms with E-state index in [2.05, 4.69) is 9.47 Å². The highest BCUT2D eigenvalue weighted by molar-refractivity contribution is 5.89. The van der Waals surface area contributed by atoms with E-state index in [1.807, 2.05) is 0 Å². The molecule has 4 rings (SSSR count). The number of allylic oxidation sites excluding steroid dienone is 3. The Kier molecular flexibility index (Phi) is 7.29. The van der Waals surface area contributed by atoms with Gasteiger partial charge in [0, 0.05) is 17.7 Å². The van der Waals surface area contributed by atoms with Crippen LogP contribution < -0.4 is 9.47 Å². The average Bonchev–Trinajstić information content (AvgIpc) is 3.18. The Hall–Kier alpha value is -3.82. The molecule has 0 spiro atoms. The van der Waals surface area contributed by atoms with E-state index in [9.17, 15) is 35.1 Å². The van der Waals surface area contributed by atoms with Gasteiger partial charge in [-0.05, 0) is 72.7 Å². The van der Waals surface area contributed by atoms with Crippen molar-refractivity contribution in [3.63, 3.8) is 0 Å². The molecular weight excluding hydrogens is 508 g/mol. The average molecular weight is 526 g/mol. The molecule has 0 aromatic heterocycles. The third-order valence-corrected chi connectivity index (χ3v) is 5.58. The maximum Gasteiger partial charge on any atom is 0.586 e. The molecule has 0 bridgehead atoms. The normalized spacial score (nSPS) is 13.2. The summed E-state index contributed by atoms with van der Waals surface area (Å²) < 4.78 is 122. The lowest BCUT2D eigenvalue weighted by Crippen LogP contribution is -2.33. The number of aryl methyl sites for hydroxylation is 1. The highest BCUT2D eigenvalue weighted by atomic mass is 19.3. The second-order valence-electron chi connectivity index (χ2n) is 8.24. The molecule has 0 aliphatic heterocycles. The van der Waals surface area contributed by atoms with E-state index in [1.165, 1.54) is 6.08 Å². The summed E-state index contributed by atoms with van der Waals surface area (Å²) in [7, 11) is 0. The standard InChI is InChI=1S/C27H18F8O2/c1-2-3-4-5-14-6-23(32)26(24(33)7-14)37-27(34,35)36-18-12-21(30)25(22(31)13-18)17-8-15-10-19(28)20(29)11-16(15)9-17/h2-3,6-8,10-13H,4-5,9H2,1H3/b3-2+. The summed E-state index contributed by atoms with van der Waals surface area (Å²) >= 11 is 0. The zero-order valence-electron chi connectivity index (χ0n) is 19.2. The van der Waals surface area contributed by atoms with Gasteiger partial charge in [0.2, 0.25) is 5.75 Å². The van der Waals surface area contributed by atoms with Gasteiger partial charge in [-0.25, -0.2) is 26.3 Å². The molecule has 0 N–H and O–H groups in total. The lowest BCUT2D eigenvalue weighted by Gasteiger charge is -2.20. The Bertz CT molecular complexity index is 1370. The van der Waals surface area contributed by atoms with E-state index in [0.29, 0.717) is 18.6 Å². The summed E-state index contributed by atoms with van der Waals surface area (Å²) in [5, 5.41) is 0. The molecule has 0 fully saturated rings. The Morgan fingerprint density at radius 2 is 1.41 bits per heavy atom. The quantitative estimate of drug-likeness (QED) is 0.168. The van der Waals surface area contributed by atoms with Gasteiger partial charge >= 0.3 is 6.29 Å². The number of hydrogen-bond donors (Lipinski definition) is 0. The van der Waals surface area contributed by atoms with Gasteiger partial charge in [0.15, 0.2) is 23.3 Å². The molecule has 10 heteroatoms. The van der Waals surface area contributed by atoms with E-state index in [0.717, 1.165) is 24.3 Å². The fourth-order valence-electron chi connectivity index (χ4n) is 3.96. The van der Waals surface area contributed by atoms with Gasteiger partial charge in [-0.2, -0.15) is 0 Å². The second-order valence-corrected chi connectivity index (χ2v) is 8.24.